The van der Waals surface area contributed by atoms with Crippen molar-refractivity contribution in [2.24, 2.45) is 0 Å². The van der Waals surface area contributed by atoms with Crippen LogP contribution in [0.5, 0.6) is 0 Å². The van der Waals surface area contributed by atoms with Crippen molar-refractivity contribution in [3.63, 3.8) is 0 Å². The number of rotatable bonds is 3. The van der Waals surface area contributed by atoms with E-state index in [0.717, 1.165) is 9.88 Å². The van der Waals surface area contributed by atoms with Crippen LogP contribution in [-0.4, -0.2) is 15.9 Å². The highest BCUT2D eigenvalue weighted by Crippen LogP contribution is 2.33. The minimum Gasteiger partial charge on any atom is -0.441 e. The smallest absolute Gasteiger partial charge is 0.275 e. The Labute approximate surface area is 149 Å². The van der Waals surface area contributed by atoms with E-state index in [1.54, 1.807) is 30.5 Å². The second-order valence-electron chi connectivity index (χ2n) is 5.01. The molecule has 0 fully saturated rings. The number of nitrogens with zero attached hydrogens (tertiary/aromatic N) is 2. The van der Waals surface area contributed by atoms with E-state index in [4.69, 9.17) is 16.0 Å². The summed E-state index contributed by atoms with van der Waals surface area (Å²) < 4.78 is 6.12. The molecule has 24 heavy (non-hydrogen) atoms. The quantitative estimate of drug-likeness (QED) is 0.532. The molecule has 0 aliphatic heterocycles. The van der Waals surface area contributed by atoms with Crippen LogP contribution >= 0.6 is 34.3 Å². The summed E-state index contributed by atoms with van der Waals surface area (Å²) in [6, 6.07) is 9.05. The van der Waals surface area contributed by atoms with Crippen LogP contribution in [-0.2, 0) is 0 Å². The van der Waals surface area contributed by atoms with Crippen molar-refractivity contribution < 1.29 is 9.21 Å². The molecule has 0 unspecified atom stereocenters. The van der Waals surface area contributed by atoms with Gasteiger partial charge >= 0.3 is 0 Å². The van der Waals surface area contributed by atoms with Crippen LogP contribution in [0, 0.1) is 6.92 Å². The van der Waals surface area contributed by atoms with Crippen molar-refractivity contribution in [3.05, 3.63) is 51.6 Å². The van der Waals surface area contributed by atoms with E-state index in [1.807, 2.05) is 12.1 Å². The summed E-state index contributed by atoms with van der Waals surface area (Å²) >= 11 is 8.79. The van der Waals surface area contributed by atoms with Gasteiger partial charge in [0.2, 0.25) is 0 Å². The maximum absolute atomic E-state index is 12.4. The minimum atomic E-state index is -0.264. The summed E-state index contributed by atoms with van der Waals surface area (Å²) in [7, 11) is 0. The number of halogens is 1. The second kappa shape index (κ2) is 6.01. The molecule has 0 bridgehead atoms. The van der Waals surface area contributed by atoms with Crippen LogP contribution in [0.25, 0.3) is 21.0 Å². The number of oxazole rings is 1. The normalized spacial score (nSPS) is 11.1. The predicted octanol–water partition coefficient (Wildman–Crippen LogP) is 5.23. The monoisotopic (exact) mass is 375 g/mol. The topological polar surface area (TPSA) is 68.0 Å². The summed E-state index contributed by atoms with van der Waals surface area (Å²) in [4.78, 5) is 22.0. The van der Waals surface area contributed by atoms with E-state index in [-0.39, 0.29) is 5.91 Å². The van der Waals surface area contributed by atoms with Crippen LogP contribution < -0.4 is 5.32 Å². The average molecular weight is 376 g/mol. The lowest BCUT2D eigenvalue weighted by Crippen LogP contribution is -2.12. The molecule has 1 amide bonds. The molecule has 0 spiro atoms. The minimum absolute atomic E-state index is 0.264. The van der Waals surface area contributed by atoms with Crippen LogP contribution in [0.4, 0.5) is 5.69 Å². The van der Waals surface area contributed by atoms with Crippen molar-refractivity contribution in [1.82, 2.24) is 9.97 Å². The third kappa shape index (κ3) is 2.93. The van der Waals surface area contributed by atoms with Gasteiger partial charge in [0, 0.05) is 18.0 Å². The Hall–Kier alpha value is -2.22. The van der Waals surface area contributed by atoms with Crippen molar-refractivity contribution in [3.8, 4) is 9.88 Å². The van der Waals surface area contributed by atoms with Crippen LogP contribution in [0.15, 0.2) is 40.1 Å². The molecule has 4 aromatic rings. The Kier molecular flexibility index (Phi) is 3.84. The Morgan fingerprint density at radius 3 is 2.92 bits per heavy atom. The molecule has 0 radical (unpaired) electrons. The van der Waals surface area contributed by atoms with E-state index in [2.05, 4.69) is 15.3 Å². The first-order valence-electron chi connectivity index (χ1n) is 6.98. The summed E-state index contributed by atoms with van der Waals surface area (Å²) in [5.74, 6) is 0.326. The molecule has 0 aliphatic carbocycles. The standard InChI is InChI=1S/C16H10ClN3O2S2/c1-8-18-10-6-9(2-3-12(10)22-8)19-15(21)11-7-23-16(20-11)13-4-5-14(17)24-13/h2-7H,1H3,(H,19,21). The third-order valence-electron chi connectivity index (χ3n) is 3.27. The first-order valence-corrected chi connectivity index (χ1v) is 9.06. The molecule has 3 heterocycles. The lowest BCUT2D eigenvalue weighted by Gasteiger charge is -2.02. The van der Waals surface area contributed by atoms with Gasteiger partial charge < -0.3 is 9.73 Å². The molecule has 1 N–H and O–H groups in total. The Morgan fingerprint density at radius 1 is 1.25 bits per heavy atom. The van der Waals surface area contributed by atoms with Gasteiger partial charge in [0.05, 0.1) is 9.21 Å². The van der Waals surface area contributed by atoms with Crippen molar-refractivity contribution in [2.45, 2.75) is 6.92 Å². The highest BCUT2D eigenvalue weighted by Gasteiger charge is 2.14. The molecule has 3 aromatic heterocycles. The van der Waals surface area contributed by atoms with Crippen LogP contribution in [0.2, 0.25) is 4.34 Å². The second-order valence-corrected chi connectivity index (χ2v) is 7.58. The van der Waals surface area contributed by atoms with E-state index in [0.29, 0.717) is 32.7 Å². The number of fused-ring (bicyclic) bond motifs is 1. The molecule has 0 atom stereocenters. The Balaban J connectivity index is 1.55. The highest BCUT2D eigenvalue weighted by atomic mass is 35.5. The van der Waals surface area contributed by atoms with Crippen molar-refractivity contribution in [2.75, 3.05) is 5.32 Å². The number of hydrogen-bond donors (Lipinski definition) is 1. The van der Waals surface area contributed by atoms with E-state index in [1.165, 1.54) is 22.7 Å². The van der Waals surface area contributed by atoms with Gasteiger partial charge in [-0.3, -0.25) is 4.79 Å². The number of thiophene rings is 1. The molecule has 1 aromatic carbocycles. The number of amides is 1. The van der Waals surface area contributed by atoms with Gasteiger partial charge in [-0.1, -0.05) is 11.6 Å². The Bertz CT molecular complexity index is 1050. The first-order chi connectivity index (χ1) is 11.6. The molecule has 0 aliphatic rings. The van der Waals surface area contributed by atoms with Gasteiger partial charge in [-0.15, -0.1) is 22.7 Å². The summed E-state index contributed by atoms with van der Waals surface area (Å²) in [5, 5.41) is 5.34. The predicted molar refractivity (Wildman–Crippen MR) is 97.1 cm³/mol. The maximum atomic E-state index is 12.4. The summed E-state index contributed by atoms with van der Waals surface area (Å²) in [6.45, 7) is 1.78. The highest BCUT2D eigenvalue weighted by molar-refractivity contribution is 7.23. The van der Waals surface area contributed by atoms with E-state index < -0.39 is 0 Å². The third-order valence-corrected chi connectivity index (χ3v) is 5.52. The van der Waals surface area contributed by atoms with E-state index >= 15 is 0 Å². The molecule has 0 saturated heterocycles. The largest absolute Gasteiger partial charge is 0.441 e. The molecule has 120 valence electrons. The molecule has 4 rings (SSSR count). The number of hydrogen-bond acceptors (Lipinski definition) is 6. The van der Waals surface area contributed by atoms with Crippen molar-refractivity contribution >= 4 is 57.0 Å². The van der Waals surface area contributed by atoms with Gasteiger partial charge in [0.25, 0.3) is 5.91 Å². The van der Waals surface area contributed by atoms with Crippen molar-refractivity contribution in [1.29, 1.82) is 0 Å². The number of aryl methyl sites for hydroxylation is 1. The summed E-state index contributed by atoms with van der Waals surface area (Å²) in [5.41, 5.74) is 2.42. The number of benzene rings is 1. The number of carbonyl (C=O) groups excluding carboxylic acids is 1. The zero-order chi connectivity index (χ0) is 16.7. The first kappa shape index (κ1) is 15.3. The molecular weight excluding hydrogens is 366 g/mol. The number of nitrogens with one attached hydrogen (secondary N) is 1. The average Bonchev–Trinajstić information content (AvgIpc) is 3.24. The fourth-order valence-corrected chi connectivity index (χ4v) is 4.15. The van der Waals surface area contributed by atoms with Crippen LogP contribution in [0.1, 0.15) is 16.4 Å². The number of aromatic nitrogens is 2. The fourth-order valence-electron chi connectivity index (χ4n) is 2.24. The lowest BCUT2D eigenvalue weighted by atomic mass is 10.3. The number of carbonyl (C=O) groups is 1. The van der Waals surface area contributed by atoms with Gasteiger partial charge in [0.15, 0.2) is 11.5 Å². The number of thiazole rings is 1. The lowest BCUT2D eigenvalue weighted by molar-refractivity contribution is 0.102. The zero-order valence-electron chi connectivity index (χ0n) is 12.4. The molecule has 5 nitrogen and oxygen atoms in total. The Morgan fingerprint density at radius 2 is 2.12 bits per heavy atom. The fraction of sp³-hybridized carbons (Fsp3) is 0.0625. The van der Waals surface area contributed by atoms with Gasteiger partial charge in [-0.25, -0.2) is 9.97 Å². The summed E-state index contributed by atoms with van der Waals surface area (Å²) in [6.07, 6.45) is 0. The van der Waals surface area contributed by atoms with E-state index in [9.17, 15) is 4.79 Å². The zero-order valence-corrected chi connectivity index (χ0v) is 14.8. The van der Waals surface area contributed by atoms with Gasteiger partial charge in [-0.05, 0) is 30.3 Å². The molecule has 0 saturated carbocycles. The number of anilines is 1. The van der Waals surface area contributed by atoms with Crippen LogP contribution in [0.3, 0.4) is 0 Å². The molecule has 8 heteroatoms. The SMILES string of the molecule is Cc1nc2cc(NC(=O)c3csc(-c4ccc(Cl)s4)n3)ccc2o1. The molecular formula is C16H10ClN3O2S2. The van der Waals surface area contributed by atoms with Gasteiger partial charge in [0.1, 0.15) is 16.2 Å². The van der Waals surface area contributed by atoms with Gasteiger partial charge in [-0.2, -0.15) is 0 Å². The maximum Gasteiger partial charge on any atom is 0.275 e.